The fourth-order valence-corrected chi connectivity index (χ4v) is 3.76. The zero-order valence-electron chi connectivity index (χ0n) is 13.8. The maximum Gasteiger partial charge on any atom is 0.315 e. The van der Waals surface area contributed by atoms with Crippen LogP contribution in [0.5, 0.6) is 0 Å². The van der Waals surface area contributed by atoms with Gasteiger partial charge >= 0.3 is 5.97 Å². The lowest BCUT2D eigenvalue weighted by Crippen LogP contribution is -2.50. The number of alkyl halides is 2. The van der Waals surface area contributed by atoms with Crippen LogP contribution in [0.15, 0.2) is 24.3 Å². The molecule has 3 rings (SSSR count). The third kappa shape index (κ3) is 3.83. The fourth-order valence-electron chi connectivity index (χ4n) is 2.89. The second-order valence-electron chi connectivity index (χ2n) is 6.64. The van der Waals surface area contributed by atoms with Crippen LogP contribution in [0.4, 0.5) is 5.69 Å². The minimum absolute atomic E-state index is 0.210. The number of piperazine rings is 1. The molecule has 8 heteroatoms. The van der Waals surface area contributed by atoms with Crippen molar-refractivity contribution in [2.75, 3.05) is 37.7 Å². The number of hydrogen-bond acceptors (Lipinski definition) is 4. The zero-order valence-corrected chi connectivity index (χ0v) is 16.1. The van der Waals surface area contributed by atoms with Crippen LogP contribution in [-0.4, -0.2) is 53.9 Å². The van der Waals surface area contributed by atoms with E-state index in [-0.39, 0.29) is 12.5 Å². The molecule has 0 radical (unpaired) electrons. The van der Waals surface area contributed by atoms with Crippen molar-refractivity contribution in [2.45, 2.75) is 17.7 Å². The first-order chi connectivity index (χ1) is 11.7. The topological polar surface area (TPSA) is 49.9 Å². The minimum atomic E-state index is -1.09. The molecule has 0 spiro atoms. The highest BCUT2D eigenvalue weighted by Gasteiger charge is 2.69. The van der Waals surface area contributed by atoms with E-state index in [0.29, 0.717) is 37.6 Å². The van der Waals surface area contributed by atoms with E-state index in [1.807, 2.05) is 24.3 Å². The summed E-state index contributed by atoms with van der Waals surface area (Å²) in [4.78, 5) is 28.1. The molecule has 2 fully saturated rings. The van der Waals surface area contributed by atoms with Crippen LogP contribution in [0, 0.1) is 5.41 Å². The van der Waals surface area contributed by atoms with E-state index >= 15 is 0 Å². The molecule has 0 unspecified atom stereocenters. The molecule has 1 aliphatic carbocycles. The molecule has 1 aliphatic heterocycles. The summed E-state index contributed by atoms with van der Waals surface area (Å²) in [7, 11) is 0. The summed E-state index contributed by atoms with van der Waals surface area (Å²) in [5.41, 5.74) is 0.120. The second kappa shape index (κ2) is 6.86. The lowest BCUT2D eigenvalue weighted by atomic mass is 10.1. The van der Waals surface area contributed by atoms with Crippen molar-refractivity contribution < 1.29 is 14.3 Å². The Kier molecular flexibility index (Phi) is 5.11. The molecule has 25 heavy (non-hydrogen) atoms. The summed E-state index contributed by atoms with van der Waals surface area (Å²) < 4.78 is 4.03. The molecule has 1 aromatic rings. The summed E-state index contributed by atoms with van der Waals surface area (Å²) >= 11 is 17.9. The molecule has 1 aromatic carbocycles. The van der Waals surface area contributed by atoms with Crippen LogP contribution in [0.1, 0.15) is 13.3 Å². The number of amides is 1. The quantitative estimate of drug-likeness (QED) is 0.570. The number of hydrogen-bond donors (Lipinski definition) is 0. The molecule has 0 N–H and O–H groups in total. The Morgan fingerprint density at radius 3 is 2.40 bits per heavy atom. The summed E-state index contributed by atoms with van der Waals surface area (Å²) in [5, 5.41) is 0.686. The molecule has 1 heterocycles. The molecule has 1 amide bonds. The van der Waals surface area contributed by atoms with Crippen LogP contribution in [0.3, 0.4) is 0 Å². The summed E-state index contributed by atoms with van der Waals surface area (Å²) in [6.07, 6.45) is 0.342. The molecular weight excluding hydrogens is 387 g/mol. The number of esters is 1. The number of benzene rings is 1. The number of halogens is 3. The Labute approximate surface area is 161 Å². The maximum atomic E-state index is 12.3. The van der Waals surface area contributed by atoms with E-state index in [1.54, 1.807) is 11.8 Å². The standard InChI is InChI=1S/C17H19Cl3N2O3/c1-16(11-17(16,19)20)15(24)25-10-14(23)22-7-5-21(6-8-22)13-4-2-3-12(18)9-13/h2-4,9H,5-8,10-11H2,1H3/t16-/m0/s1. The maximum absolute atomic E-state index is 12.3. The van der Waals surface area contributed by atoms with E-state index in [4.69, 9.17) is 39.5 Å². The van der Waals surface area contributed by atoms with Crippen molar-refractivity contribution in [1.82, 2.24) is 4.90 Å². The van der Waals surface area contributed by atoms with Crippen molar-refractivity contribution in [3.63, 3.8) is 0 Å². The van der Waals surface area contributed by atoms with Gasteiger partial charge in [0.25, 0.3) is 5.91 Å². The van der Waals surface area contributed by atoms with Gasteiger partial charge in [-0.05, 0) is 25.1 Å². The molecule has 1 atom stereocenters. The zero-order chi connectivity index (χ0) is 18.2. The first kappa shape index (κ1) is 18.6. The predicted octanol–water partition coefficient (Wildman–Crippen LogP) is 3.12. The molecule has 1 saturated heterocycles. The largest absolute Gasteiger partial charge is 0.455 e. The predicted molar refractivity (Wildman–Crippen MR) is 98.4 cm³/mol. The van der Waals surface area contributed by atoms with Gasteiger partial charge in [-0.25, -0.2) is 0 Å². The van der Waals surface area contributed by atoms with E-state index in [9.17, 15) is 9.59 Å². The molecule has 1 saturated carbocycles. The monoisotopic (exact) mass is 404 g/mol. The van der Waals surface area contributed by atoms with Crippen molar-refractivity contribution in [3.8, 4) is 0 Å². The van der Waals surface area contributed by atoms with Gasteiger partial charge in [0.05, 0.1) is 0 Å². The number of carbonyl (C=O) groups is 2. The minimum Gasteiger partial charge on any atom is -0.455 e. The Hall–Kier alpha value is -1.17. The Balaban J connectivity index is 1.47. The van der Waals surface area contributed by atoms with E-state index in [1.165, 1.54) is 0 Å². The van der Waals surface area contributed by atoms with Crippen LogP contribution in [-0.2, 0) is 14.3 Å². The lowest BCUT2D eigenvalue weighted by molar-refractivity contribution is -0.156. The molecule has 0 aromatic heterocycles. The summed E-state index contributed by atoms with van der Waals surface area (Å²) in [6.45, 7) is 3.89. The first-order valence-electron chi connectivity index (χ1n) is 8.06. The average Bonchev–Trinajstić information content (AvgIpc) is 3.12. The molecular formula is C17H19Cl3N2O3. The van der Waals surface area contributed by atoms with Crippen molar-refractivity contribution in [3.05, 3.63) is 29.3 Å². The van der Waals surface area contributed by atoms with Gasteiger partial charge in [0.15, 0.2) is 6.61 Å². The van der Waals surface area contributed by atoms with Crippen molar-refractivity contribution >= 4 is 52.4 Å². The third-order valence-electron chi connectivity index (χ3n) is 4.84. The van der Waals surface area contributed by atoms with Gasteiger partial charge in [-0.2, -0.15) is 0 Å². The highest BCUT2D eigenvalue weighted by Crippen LogP contribution is 2.64. The van der Waals surface area contributed by atoms with Crippen molar-refractivity contribution in [2.24, 2.45) is 5.41 Å². The molecule has 136 valence electrons. The molecule has 0 bridgehead atoms. The molecule has 5 nitrogen and oxygen atoms in total. The van der Waals surface area contributed by atoms with E-state index in [2.05, 4.69) is 4.90 Å². The smallest absolute Gasteiger partial charge is 0.315 e. The number of carbonyl (C=O) groups excluding carboxylic acids is 2. The highest BCUT2D eigenvalue weighted by atomic mass is 35.5. The normalized spacial score (nSPS) is 24.8. The van der Waals surface area contributed by atoms with Gasteiger partial charge in [-0.15, -0.1) is 23.2 Å². The Morgan fingerprint density at radius 2 is 1.84 bits per heavy atom. The number of rotatable bonds is 4. The van der Waals surface area contributed by atoms with Gasteiger partial charge in [0.1, 0.15) is 9.75 Å². The van der Waals surface area contributed by atoms with Gasteiger partial charge in [-0.1, -0.05) is 17.7 Å². The SMILES string of the molecule is C[C@@]1(C(=O)OCC(=O)N2CCN(c3cccc(Cl)c3)CC2)CC1(Cl)Cl. The van der Waals surface area contributed by atoms with Gasteiger partial charge < -0.3 is 14.5 Å². The van der Waals surface area contributed by atoms with Crippen LogP contribution < -0.4 is 4.90 Å². The highest BCUT2D eigenvalue weighted by molar-refractivity contribution is 6.53. The fraction of sp³-hybridized carbons (Fsp3) is 0.529. The van der Waals surface area contributed by atoms with Gasteiger partial charge in [0, 0.05) is 43.3 Å². The van der Waals surface area contributed by atoms with Crippen LogP contribution >= 0.6 is 34.8 Å². The van der Waals surface area contributed by atoms with Crippen LogP contribution in [0.2, 0.25) is 5.02 Å². The van der Waals surface area contributed by atoms with Gasteiger partial charge in [-0.3, -0.25) is 9.59 Å². The van der Waals surface area contributed by atoms with E-state index < -0.39 is 15.7 Å². The molecule has 2 aliphatic rings. The third-order valence-corrected chi connectivity index (χ3v) is 6.18. The first-order valence-corrected chi connectivity index (χ1v) is 9.20. The van der Waals surface area contributed by atoms with Crippen molar-refractivity contribution in [1.29, 1.82) is 0 Å². The Morgan fingerprint density at radius 1 is 1.20 bits per heavy atom. The van der Waals surface area contributed by atoms with E-state index in [0.717, 1.165) is 5.69 Å². The number of anilines is 1. The Bertz CT molecular complexity index is 689. The van der Waals surface area contributed by atoms with Gasteiger partial charge in [0.2, 0.25) is 0 Å². The van der Waals surface area contributed by atoms with Crippen LogP contribution in [0.25, 0.3) is 0 Å². The summed E-state index contributed by atoms with van der Waals surface area (Å²) in [5.74, 6) is -0.735. The average molecular weight is 406 g/mol. The number of nitrogens with zero attached hydrogens (tertiary/aromatic N) is 2. The number of ether oxygens (including phenoxy) is 1. The lowest BCUT2D eigenvalue weighted by Gasteiger charge is -2.36. The second-order valence-corrected chi connectivity index (χ2v) is 8.56. The summed E-state index contributed by atoms with van der Waals surface area (Å²) in [6, 6.07) is 7.63.